The van der Waals surface area contributed by atoms with Crippen molar-refractivity contribution >= 4 is 24.8 Å². The Labute approximate surface area is 167 Å². The number of fused-ring (bicyclic) bond motifs is 1. The van der Waals surface area contributed by atoms with Crippen molar-refractivity contribution in [3.05, 3.63) is 12.7 Å². The summed E-state index contributed by atoms with van der Waals surface area (Å²) < 4.78 is 28.9. The van der Waals surface area contributed by atoms with Crippen LogP contribution in [0.1, 0.15) is 38.8 Å². The van der Waals surface area contributed by atoms with Gasteiger partial charge in [-0.05, 0) is 6.42 Å². The molecule has 1 aliphatic heterocycles. The van der Waals surface area contributed by atoms with Gasteiger partial charge in [0.05, 0.1) is 19.5 Å². The van der Waals surface area contributed by atoms with Gasteiger partial charge in [-0.2, -0.15) is 0 Å². The molecule has 0 saturated carbocycles. The third-order valence-corrected chi connectivity index (χ3v) is 5.64. The zero-order chi connectivity index (χ0) is 21.0. The number of anilines is 1. The van der Waals surface area contributed by atoms with Crippen LogP contribution in [0.2, 0.25) is 0 Å². The molecule has 0 aromatic carbocycles. The van der Waals surface area contributed by atoms with E-state index in [4.69, 9.17) is 19.5 Å². The zero-order valence-corrected chi connectivity index (χ0v) is 16.9. The molecule has 13 heteroatoms. The van der Waals surface area contributed by atoms with Crippen LogP contribution in [-0.4, -0.2) is 66.2 Å². The molecule has 29 heavy (non-hydrogen) atoms. The minimum absolute atomic E-state index is 0.0925. The molecule has 1 saturated heterocycles. The van der Waals surface area contributed by atoms with Gasteiger partial charge < -0.3 is 25.6 Å². The summed E-state index contributed by atoms with van der Waals surface area (Å²) >= 11 is 0. The van der Waals surface area contributed by atoms with Crippen LogP contribution in [0.15, 0.2) is 12.7 Å². The van der Waals surface area contributed by atoms with Crippen LogP contribution in [-0.2, 0) is 18.3 Å². The molecule has 0 radical (unpaired) electrons. The van der Waals surface area contributed by atoms with Crippen LogP contribution < -0.4 is 5.73 Å². The number of aromatic nitrogens is 4. The first kappa shape index (κ1) is 22.0. The van der Waals surface area contributed by atoms with Crippen LogP contribution >= 0.6 is 7.82 Å². The number of hydrogen-bond acceptors (Lipinski definition) is 10. The molecular weight excluding hydrogens is 405 g/mol. The predicted molar refractivity (Wildman–Crippen MR) is 102 cm³/mol. The smallest absolute Gasteiger partial charge is 0.387 e. The maximum Gasteiger partial charge on any atom is 0.472 e. The largest absolute Gasteiger partial charge is 0.472 e. The highest BCUT2D eigenvalue weighted by Gasteiger charge is 2.45. The maximum atomic E-state index is 12.0. The lowest BCUT2D eigenvalue weighted by Gasteiger charge is -2.17. The minimum Gasteiger partial charge on any atom is -0.387 e. The van der Waals surface area contributed by atoms with Gasteiger partial charge in [0.2, 0.25) is 0 Å². The van der Waals surface area contributed by atoms with E-state index in [0.717, 1.165) is 19.3 Å². The van der Waals surface area contributed by atoms with Crippen molar-refractivity contribution in [2.45, 2.75) is 57.1 Å². The van der Waals surface area contributed by atoms with Gasteiger partial charge in [-0.3, -0.25) is 13.6 Å². The molecule has 0 spiro atoms. The fourth-order valence-electron chi connectivity index (χ4n) is 3.07. The number of ether oxygens (including phenoxy) is 1. The number of imidazole rings is 1. The Morgan fingerprint density at radius 2 is 2.00 bits per heavy atom. The van der Waals surface area contributed by atoms with Gasteiger partial charge in [0.15, 0.2) is 17.7 Å². The van der Waals surface area contributed by atoms with E-state index >= 15 is 0 Å². The number of phosphoric ester groups is 1. The second-order valence-electron chi connectivity index (χ2n) is 6.79. The third-order valence-electron chi connectivity index (χ3n) is 4.65. The number of nitrogen functional groups attached to an aromatic ring is 1. The van der Waals surface area contributed by atoms with E-state index in [1.54, 1.807) is 0 Å². The topological polar surface area (TPSA) is 175 Å². The lowest BCUT2D eigenvalue weighted by molar-refractivity contribution is -0.0514. The van der Waals surface area contributed by atoms with E-state index in [2.05, 4.69) is 21.9 Å². The molecule has 2 aromatic rings. The van der Waals surface area contributed by atoms with Crippen molar-refractivity contribution in [1.29, 1.82) is 0 Å². The van der Waals surface area contributed by atoms with E-state index in [-0.39, 0.29) is 12.4 Å². The fraction of sp³-hybridized carbons (Fsp3) is 0.688. The van der Waals surface area contributed by atoms with Crippen molar-refractivity contribution in [1.82, 2.24) is 19.5 Å². The molecule has 162 valence electrons. The fourth-order valence-corrected chi connectivity index (χ4v) is 3.84. The van der Waals surface area contributed by atoms with Gasteiger partial charge in [0.25, 0.3) is 0 Å². The highest BCUT2D eigenvalue weighted by molar-refractivity contribution is 7.47. The standard InChI is InChI=1S/C16H26N5O7P/c1-2-3-4-5-6-26-29(24,25)27-7-10-12(22)13(23)16(28-10)21-9-20-11-14(17)18-8-19-15(11)21/h8-10,12-13,16,22-23H,2-7H2,1H3,(H,24,25)(H2,17,18,19)/t10-,12-,13-,16-/m1/s1. The van der Waals surface area contributed by atoms with E-state index < -0.39 is 39.0 Å². The predicted octanol–water partition coefficient (Wildman–Crippen LogP) is 0.742. The Morgan fingerprint density at radius 1 is 1.21 bits per heavy atom. The Bertz CT molecular complexity index is 865. The summed E-state index contributed by atoms with van der Waals surface area (Å²) in [5.74, 6) is 0.166. The zero-order valence-electron chi connectivity index (χ0n) is 16.0. The number of rotatable bonds is 10. The van der Waals surface area contributed by atoms with Crippen LogP contribution in [0.3, 0.4) is 0 Å². The Hall–Kier alpha value is -1.66. The van der Waals surface area contributed by atoms with Gasteiger partial charge in [0.1, 0.15) is 30.2 Å². The third kappa shape index (κ3) is 5.10. The summed E-state index contributed by atoms with van der Waals surface area (Å²) in [5, 5.41) is 20.6. The van der Waals surface area contributed by atoms with Crippen molar-refractivity contribution < 1.29 is 33.5 Å². The van der Waals surface area contributed by atoms with E-state index in [1.165, 1.54) is 17.2 Å². The highest BCUT2D eigenvalue weighted by atomic mass is 31.2. The van der Waals surface area contributed by atoms with E-state index in [1.807, 2.05) is 0 Å². The molecule has 1 aliphatic rings. The second kappa shape index (κ2) is 9.43. The van der Waals surface area contributed by atoms with Crippen molar-refractivity contribution in [2.75, 3.05) is 18.9 Å². The van der Waals surface area contributed by atoms with Crippen molar-refractivity contribution in [2.24, 2.45) is 0 Å². The number of unbranched alkanes of at least 4 members (excludes halogenated alkanes) is 3. The van der Waals surface area contributed by atoms with Crippen LogP contribution in [0.25, 0.3) is 11.2 Å². The van der Waals surface area contributed by atoms with Gasteiger partial charge in [0, 0.05) is 0 Å². The molecule has 5 atom stereocenters. The summed E-state index contributed by atoms with van der Waals surface area (Å²) in [4.78, 5) is 21.8. The average Bonchev–Trinajstić information content (AvgIpc) is 3.23. The van der Waals surface area contributed by atoms with Gasteiger partial charge in [-0.15, -0.1) is 0 Å². The monoisotopic (exact) mass is 431 g/mol. The first-order valence-corrected chi connectivity index (χ1v) is 10.9. The van der Waals surface area contributed by atoms with Gasteiger partial charge >= 0.3 is 7.82 Å². The van der Waals surface area contributed by atoms with Crippen LogP contribution in [0.4, 0.5) is 5.82 Å². The minimum atomic E-state index is -4.29. The Balaban J connectivity index is 1.59. The summed E-state index contributed by atoms with van der Waals surface area (Å²) in [6, 6.07) is 0. The number of aliphatic hydroxyl groups is 2. The first-order valence-electron chi connectivity index (χ1n) is 9.40. The lowest BCUT2D eigenvalue weighted by atomic mass is 10.1. The van der Waals surface area contributed by atoms with Crippen molar-refractivity contribution in [3.63, 3.8) is 0 Å². The number of nitrogens with two attached hydrogens (primary N) is 1. The number of nitrogens with zero attached hydrogens (tertiary/aromatic N) is 4. The van der Waals surface area contributed by atoms with Crippen molar-refractivity contribution in [3.8, 4) is 0 Å². The first-order chi connectivity index (χ1) is 13.8. The van der Waals surface area contributed by atoms with Crippen LogP contribution in [0.5, 0.6) is 0 Å². The molecule has 3 rings (SSSR count). The Morgan fingerprint density at radius 3 is 2.76 bits per heavy atom. The van der Waals surface area contributed by atoms with Crippen LogP contribution in [0, 0.1) is 0 Å². The normalized spacial score (nSPS) is 26.8. The molecular formula is C16H26N5O7P. The summed E-state index contributed by atoms with van der Waals surface area (Å²) in [7, 11) is -4.29. The van der Waals surface area contributed by atoms with Gasteiger partial charge in [-0.1, -0.05) is 26.2 Å². The van der Waals surface area contributed by atoms with E-state index in [0.29, 0.717) is 17.6 Å². The molecule has 0 amide bonds. The summed E-state index contributed by atoms with van der Waals surface area (Å²) in [5.41, 5.74) is 6.39. The maximum absolute atomic E-state index is 12.0. The SMILES string of the molecule is CCCCCCOP(=O)(O)OC[C@H]1O[C@@H](n2cnc3c(N)ncnc32)[C@H](O)[C@@H]1O. The highest BCUT2D eigenvalue weighted by Crippen LogP contribution is 2.44. The molecule has 1 fully saturated rings. The molecule has 5 N–H and O–H groups in total. The molecule has 12 nitrogen and oxygen atoms in total. The summed E-state index contributed by atoms with van der Waals surface area (Å²) in [6.45, 7) is 1.71. The number of hydrogen-bond donors (Lipinski definition) is 4. The lowest BCUT2D eigenvalue weighted by Crippen LogP contribution is -2.33. The van der Waals surface area contributed by atoms with Gasteiger partial charge in [-0.25, -0.2) is 19.5 Å². The molecule has 1 unspecified atom stereocenters. The molecule has 3 heterocycles. The summed E-state index contributed by atoms with van der Waals surface area (Å²) in [6.07, 6.45) is 1.39. The number of aliphatic hydroxyl groups excluding tert-OH is 2. The second-order valence-corrected chi connectivity index (χ2v) is 8.24. The quantitative estimate of drug-likeness (QED) is 0.308. The molecule has 0 bridgehead atoms. The molecule has 0 aliphatic carbocycles. The molecule has 2 aromatic heterocycles. The average molecular weight is 431 g/mol. The van der Waals surface area contributed by atoms with E-state index in [9.17, 15) is 19.7 Å². The Kier molecular flexibility index (Phi) is 7.17. The number of phosphoric acid groups is 1.